The van der Waals surface area contributed by atoms with Gasteiger partial charge in [0, 0.05) is 17.6 Å². The lowest BCUT2D eigenvalue weighted by Crippen LogP contribution is -2.49. The third-order valence-electron chi connectivity index (χ3n) is 2.72. The molecule has 0 saturated heterocycles. The van der Waals surface area contributed by atoms with Gasteiger partial charge in [-0.3, -0.25) is 4.79 Å². The number of amides is 1. The fourth-order valence-electron chi connectivity index (χ4n) is 1.63. The van der Waals surface area contributed by atoms with Crippen molar-refractivity contribution in [3.05, 3.63) is 23.2 Å². The number of carboxylic acid groups (broad SMARTS) is 1. The highest BCUT2D eigenvalue weighted by Crippen LogP contribution is 2.14. The minimum Gasteiger partial charge on any atom is -0.475 e. The molecule has 0 aromatic carbocycles. The molecule has 1 aromatic heterocycles. The van der Waals surface area contributed by atoms with Gasteiger partial charge in [-0.05, 0) is 40.7 Å². The van der Waals surface area contributed by atoms with Gasteiger partial charge in [-0.1, -0.05) is 0 Å². The van der Waals surface area contributed by atoms with Gasteiger partial charge in [-0.25, -0.2) is 4.79 Å². The first-order valence-corrected chi connectivity index (χ1v) is 6.48. The minimum atomic E-state index is -1.10. The molecule has 0 radical (unpaired) electrons. The molecule has 20 heavy (non-hydrogen) atoms. The van der Waals surface area contributed by atoms with Crippen LogP contribution < -0.4 is 10.6 Å². The topological polar surface area (TPSA) is 91.6 Å². The quantitative estimate of drug-likeness (QED) is 0.764. The van der Waals surface area contributed by atoms with E-state index in [2.05, 4.69) is 10.6 Å². The smallest absolute Gasteiger partial charge is 0.371 e. The van der Waals surface area contributed by atoms with Crippen LogP contribution >= 0.6 is 0 Å². The molecule has 6 nitrogen and oxygen atoms in total. The van der Waals surface area contributed by atoms with Crippen molar-refractivity contribution in [1.82, 2.24) is 10.6 Å². The van der Waals surface area contributed by atoms with Crippen molar-refractivity contribution in [2.24, 2.45) is 0 Å². The number of aryl methyl sites for hydroxylation is 1. The Balaban J connectivity index is 2.59. The minimum absolute atomic E-state index is 0.0916. The van der Waals surface area contributed by atoms with Gasteiger partial charge in [0.15, 0.2) is 0 Å². The van der Waals surface area contributed by atoms with Gasteiger partial charge in [0.1, 0.15) is 5.76 Å². The summed E-state index contributed by atoms with van der Waals surface area (Å²) >= 11 is 0. The summed E-state index contributed by atoms with van der Waals surface area (Å²) in [6.45, 7) is 9.57. The molecular formula is C14H22N2O4. The number of carbonyl (C=O) groups is 2. The first-order valence-electron chi connectivity index (χ1n) is 6.48. The highest BCUT2D eigenvalue weighted by molar-refractivity contribution is 5.84. The van der Waals surface area contributed by atoms with Crippen molar-refractivity contribution < 1.29 is 19.1 Å². The van der Waals surface area contributed by atoms with Crippen LogP contribution in [0.15, 0.2) is 10.5 Å². The summed E-state index contributed by atoms with van der Waals surface area (Å²) in [5.41, 5.74) is 0.451. The van der Waals surface area contributed by atoms with Crippen molar-refractivity contribution >= 4 is 11.9 Å². The van der Waals surface area contributed by atoms with Gasteiger partial charge in [0.05, 0.1) is 6.04 Å². The molecule has 0 spiro atoms. The van der Waals surface area contributed by atoms with E-state index in [0.717, 1.165) is 5.56 Å². The molecule has 0 aliphatic carbocycles. The third kappa shape index (κ3) is 4.70. The first-order chi connectivity index (χ1) is 9.10. The third-order valence-corrected chi connectivity index (χ3v) is 2.72. The number of carboxylic acids is 1. The zero-order valence-corrected chi connectivity index (χ0v) is 12.5. The summed E-state index contributed by atoms with van der Waals surface area (Å²) < 4.78 is 5.11. The number of hydrogen-bond acceptors (Lipinski definition) is 4. The number of hydrogen-bond donors (Lipinski definition) is 3. The van der Waals surface area contributed by atoms with Crippen LogP contribution in [0.1, 0.15) is 49.6 Å². The monoisotopic (exact) mass is 282 g/mol. The second-order valence-electron chi connectivity index (χ2n) is 5.84. The maximum absolute atomic E-state index is 11.9. The molecule has 0 saturated carbocycles. The van der Waals surface area contributed by atoms with Crippen LogP contribution in [0.3, 0.4) is 0 Å². The number of nitrogens with one attached hydrogen (secondary N) is 2. The molecular weight excluding hydrogens is 260 g/mol. The Morgan fingerprint density at radius 3 is 2.45 bits per heavy atom. The SMILES string of the molecule is Cc1oc(C(=O)O)cc1CNC(C)C(=O)NC(C)(C)C. The van der Waals surface area contributed by atoms with Crippen molar-refractivity contribution in [3.63, 3.8) is 0 Å². The summed E-state index contributed by atoms with van der Waals surface area (Å²) in [5, 5.41) is 14.8. The van der Waals surface area contributed by atoms with E-state index in [9.17, 15) is 9.59 Å². The Labute approximate surface area is 118 Å². The molecule has 1 atom stereocenters. The molecule has 1 rings (SSSR count). The van der Waals surface area contributed by atoms with E-state index < -0.39 is 5.97 Å². The van der Waals surface area contributed by atoms with Crippen molar-refractivity contribution in [2.75, 3.05) is 0 Å². The lowest BCUT2D eigenvalue weighted by Gasteiger charge is -2.23. The highest BCUT2D eigenvalue weighted by atomic mass is 16.4. The Morgan fingerprint density at radius 2 is 2.00 bits per heavy atom. The van der Waals surface area contributed by atoms with E-state index in [1.807, 2.05) is 20.8 Å². The zero-order chi connectivity index (χ0) is 15.5. The fraction of sp³-hybridized carbons (Fsp3) is 0.571. The predicted molar refractivity (Wildman–Crippen MR) is 74.6 cm³/mol. The molecule has 0 bridgehead atoms. The predicted octanol–water partition coefficient (Wildman–Crippen LogP) is 1.68. The zero-order valence-electron chi connectivity index (χ0n) is 12.5. The van der Waals surface area contributed by atoms with Crippen LogP contribution in [-0.2, 0) is 11.3 Å². The summed E-state index contributed by atoms with van der Waals surface area (Å²) in [7, 11) is 0. The molecule has 6 heteroatoms. The van der Waals surface area contributed by atoms with E-state index in [-0.39, 0.29) is 23.2 Å². The van der Waals surface area contributed by atoms with Gasteiger partial charge < -0.3 is 20.2 Å². The van der Waals surface area contributed by atoms with Crippen LogP contribution in [0.25, 0.3) is 0 Å². The standard InChI is InChI=1S/C14H22N2O4/c1-8(12(17)16-14(3,4)5)15-7-10-6-11(13(18)19)20-9(10)2/h6,8,15H,7H2,1-5H3,(H,16,17)(H,18,19). The Kier molecular flexibility index (Phi) is 4.94. The van der Waals surface area contributed by atoms with Gasteiger partial charge in [0.25, 0.3) is 0 Å². The Morgan fingerprint density at radius 1 is 1.40 bits per heavy atom. The maximum Gasteiger partial charge on any atom is 0.371 e. The lowest BCUT2D eigenvalue weighted by molar-refractivity contribution is -0.124. The van der Waals surface area contributed by atoms with Crippen LogP contribution in [0.4, 0.5) is 0 Å². The molecule has 1 amide bonds. The molecule has 112 valence electrons. The number of carbonyl (C=O) groups excluding carboxylic acids is 1. The van der Waals surface area contributed by atoms with Crippen LogP contribution in [0, 0.1) is 6.92 Å². The maximum atomic E-state index is 11.9. The molecule has 0 aliphatic heterocycles. The van der Waals surface area contributed by atoms with Gasteiger partial charge >= 0.3 is 5.97 Å². The van der Waals surface area contributed by atoms with Gasteiger partial charge in [-0.15, -0.1) is 0 Å². The molecule has 1 aromatic rings. The Bertz CT molecular complexity index is 500. The van der Waals surface area contributed by atoms with E-state index in [1.54, 1.807) is 13.8 Å². The lowest BCUT2D eigenvalue weighted by atomic mass is 10.1. The van der Waals surface area contributed by atoms with E-state index in [4.69, 9.17) is 9.52 Å². The van der Waals surface area contributed by atoms with E-state index in [1.165, 1.54) is 6.07 Å². The fourth-order valence-corrected chi connectivity index (χ4v) is 1.63. The highest BCUT2D eigenvalue weighted by Gasteiger charge is 2.20. The average molecular weight is 282 g/mol. The van der Waals surface area contributed by atoms with Crippen LogP contribution in [-0.4, -0.2) is 28.6 Å². The summed E-state index contributed by atoms with van der Waals surface area (Å²) in [4.78, 5) is 22.7. The largest absolute Gasteiger partial charge is 0.475 e. The molecule has 1 heterocycles. The van der Waals surface area contributed by atoms with Crippen LogP contribution in [0.2, 0.25) is 0 Å². The number of aromatic carboxylic acids is 1. The molecule has 0 fully saturated rings. The Hall–Kier alpha value is -1.82. The summed E-state index contributed by atoms with van der Waals surface area (Å²) in [6, 6.07) is 1.09. The normalized spacial score (nSPS) is 13.1. The summed E-state index contributed by atoms with van der Waals surface area (Å²) in [5.74, 6) is -0.751. The van der Waals surface area contributed by atoms with E-state index >= 15 is 0 Å². The second kappa shape index (κ2) is 6.09. The molecule has 3 N–H and O–H groups in total. The number of furan rings is 1. The second-order valence-corrected chi connectivity index (χ2v) is 5.84. The van der Waals surface area contributed by atoms with Crippen molar-refractivity contribution in [1.29, 1.82) is 0 Å². The summed E-state index contributed by atoms with van der Waals surface area (Å²) in [6.07, 6.45) is 0. The van der Waals surface area contributed by atoms with E-state index in [0.29, 0.717) is 12.3 Å². The van der Waals surface area contributed by atoms with Crippen molar-refractivity contribution in [3.8, 4) is 0 Å². The van der Waals surface area contributed by atoms with Crippen LogP contribution in [0.5, 0.6) is 0 Å². The van der Waals surface area contributed by atoms with Gasteiger partial charge in [0.2, 0.25) is 11.7 Å². The van der Waals surface area contributed by atoms with Crippen molar-refractivity contribution in [2.45, 2.75) is 52.7 Å². The first kappa shape index (κ1) is 16.2. The molecule has 1 unspecified atom stereocenters. The van der Waals surface area contributed by atoms with Gasteiger partial charge in [-0.2, -0.15) is 0 Å². The molecule has 0 aliphatic rings. The average Bonchev–Trinajstić information content (AvgIpc) is 2.65. The number of rotatable bonds is 5.